The maximum atomic E-state index is 12.4. The average molecular weight is 373 g/mol. The second kappa shape index (κ2) is 9.64. The van der Waals surface area contributed by atoms with E-state index in [-0.39, 0.29) is 17.5 Å². The van der Waals surface area contributed by atoms with Gasteiger partial charge in [0.25, 0.3) is 0 Å². The molecule has 1 N–H and O–H groups in total. The summed E-state index contributed by atoms with van der Waals surface area (Å²) in [4.78, 5) is 45.2. The highest BCUT2D eigenvalue weighted by Crippen LogP contribution is 2.28. The minimum atomic E-state index is -2.97. The molecule has 130 valence electrons. The van der Waals surface area contributed by atoms with Gasteiger partial charge in [0.2, 0.25) is 5.12 Å². The van der Waals surface area contributed by atoms with Crippen LogP contribution in [0, 0.1) is 5.41 Å². The van der Waals surface area contributed by atoms with Gasteiger partial charge in [0.15, 0.2) is 11.2 Å². The van der Waals surface area contributed by atoms with Gasteiger partial charge in [-0.25, -0.2) is 0 Å². The predicted octanol–water partition coefficient (Wildman–Crippen LogP) is 2.36. The fraction of sp³-hybridized carbons (Fsp3) is 0.400. The Balaban J connectivity index is 2.78. The predicted molar refractivity (Wildman–Crippen MR) is 88.8 cm³/mol. The molecule has 1 aromatic rings. The summed E-state index contributed by atoms with van der Waals surface area (Å²) >= 11 is 0.747. The number of carbonyl (C=O) groups is 3. The Morgan fingerprint density at radius 1 is 1.25 bits per heavy atom. The highest BCUT2D eigenvalue weighted by atomic mass is 32.2. The van der Waals surface area contributed by atoms with Crippen molar-refractivity contribution in [2.75, 3.05) is 19.0 Å². The molecule has 0 heterocycles. The summed E-state index contributed by atoms with van der Waals surface area (Å²) in [6, 6.07) is 8.39. The molecule has 0 spiro atoms. The van der Waals surface area contributed by atoms with Crippen LogP contribution in [-0.2, 0) is 23.4 Å². The molecule has 1 rings (SSSR count). The molecule has 0 amide bonds. The van der Waals surface area contributed by atoms with E-state index in [9.17, 15) is 18.9 Å². The summed E-state index contributed by atoms with van der Waals surface area (Å²) in [7, 11) is -2.97. The number of ether oxygens (including phenoxy) is 1. The van der Waals surface area contributed by atoms with Crippen LogP contribution in [0.15, 0.2) is 30.3 Å². The second-order valence-electron chi connectivity index (χ2n) is 4.93. The number of carbonyl (C=O) groups excluding carboxylic acids is 3. The topological polar surface area (TPSA) is 107 Å². The minimum absolute atomic E-state index is 0.0447. The Kier molecular flexibility index (Phi) is 8.21. The molecular weight excluding hydrogens is 355 g/mol. The van der Waals surface area contributed by atoms with Gasteiger partial charge in [-0.2, -0.15) is 0 Å². The molecule has 2 atom stereocenters. The molecule has 9 heteroatoms. The molecule has 2 unspecified atom stereocenters. The van der Waals surface area contributed by atoms with Crippen LogP contribution in [0.5, 0.6) is 0 Å². The van der Waals surface area contributed by atoms with Gasteiger partial charge in [0.1, 0.15) is 6.61 Å². The van der Waals surface area contributed by atoms with Crippen LogP contribution in [0.1, 0.15) is 24.2 Å². The molecule has 0 saturated carbocycles. The number of ketones is 1. The first-order valence-corrected chi connectivity index (χ1v) is 9.14. The number of rotatable bonds is 9. The summed E-state index contributed by atoms with van der Waals surface area (Å²) in [5.74, 6) is -1.76. The fourth-order valence-electron chi connectivity index (χ4n) is 1.68. The van der Waals surface area contributed by atoms with E-state index in [1.54, 1.807) is 37.3 Å². The van der Waals surface area contributed by atoms with Gasteiger partial charge in [0, 0.05) is 10.1 Å². The molecule has 0 radical (unpaired) electrons. The van der Waals surface area contributed by atoms with Gasteiger partial charge >= 0.3 is 14.2 Å². The Labute approximate surface area is 144 Å². The quantitative estimate of drug-likeness (QED) is 0.399. The van der Waals surface area contributed by atoms with E-state index >= 15 is 0 Å². The molecule has 0 bridgehead atoms. The van der Waals surface area contributed by atoms with Gasteiger partial charge in [-0.3, -0.25) is 14.4 Å². The van der Waals surface area contributed by atoms with E-state index in [1.807, 2.05) is 0 Å². The molecule has 0 aliphatic rings. The van der Waals surface area contributed by atoms with Crippen molar-refractivity contribution in [2.24, 2.45) is 5.41 Å². The molecule has 0 fully saturated rings. The molecule has 0 saturated heterocycles. The first kappa shape index (κ1) is 20.4. The zero-order chi connectivity index (χ0) is 18.2. The molecule has 7 nitrogen and oxygen atoms in total. The fourth-order valence-corrected chi connectivity index (χ4v) is 2.93. The number of Topliss-reactive ketones (excluding diaryl/α,β-unsaturated/α-hetero) is 1. The average Bonchev–Trinajstić information content (AvgIpc) is 2.58. The van der Waals surface area contributed by atoms with Crippen LogP contribution in [0.2, 0.25) is 0 Å². The first-order valence-electron chi connectivity index (χ1n) is 7.03. The highest BCUT2D eigenvalue weighted by Gasteiger charge is 2.45. The smallest absolute Gasteiger partial charge is 0.465 e. The summed E-state index contributed by atoms with van der Waals surface area (Å²) in [6.45, 7) is 2.28. The van der Waals surface area contributed by atoms with Crippen LogP contribution >= 0.6 is 20.0 Å². The second-order valence-corrected chi connectivity index (χ2v) is 6.61. The summed E-state index contributed by atoms with van der Waals surface area (Å²) in [5, 5.41) is -0.315. The van der Waals surface area contributed by atoms with Crippen molar-refractivity contribution in [1.29, 1.82) is 0 Å². The number of benzene rings is 1. The Morgan fingerprint density at radius 3 is 2.42 bits per heavy atom. The Morgan fingerprint density at radius 2 is 1.88 bits per heavy atom. The maximum absolute atomic E-state index is 12.4. The van der Waals surface area contributed by atoms with Crippen molar-refractivity contribution in [3.8, 4) is 0 Å². The number of esters is 1. The van der Waals surface area contributed by atoms with Crippen LogP contribution < -0.4 is 0 Å². The lowest BCUT2D eigenvalue weighted by Gasteiger charge is -2.22. The van der Waals surface area contributed by atoms with Crippen molar-refractivity contribution >= 4 is 36.9 Å². The summed E-state index contributed by atoms with van der Waals surface area (Å²) in [5.41, 5.74) is -1.32. The third-order valence-corrected chi connectivity index (χ3v) is 4.40. The minimum Gasteiger partial charge on any atom is -0.465 e. The summed E-state index contributed by atoms with van der Waals surface area (Å²) in [6.07, 6.45) is 0. The van der Waals surface area contributed by atoms with Gasteiger partial charge in [0.05, 0.1) is 12.4 Å². The Bertz CT molecular complexity index is 620. The van der Waals surface area contributed by atoms with Crippen molar-refractivity contribution in [3.05, 3.63) is 35.9 Å². The lowest BCUT2D eigenvalue weighted by atomic mass is 9.87. The largest absolute Gasteiger partial charge is 0.694 e. The molecule has 0 aromatic heterocycles. The normalized spacial score (nSPS) is 13.7. The highest BCUT2D eigenvalue weighted by molar-refractivity contribution is 8.14. The summed E-state index contributed by atoms with van der Waals surface area (Å²) < 4.78 is 20.1. The van der Waals surface area contributed by atoms with Crippen LogP contribution in [-0.4, -0.2) is 40.7 Å². The van der Waals surface area contributed by atoms with E-state index in [0.29, 0.717) is 5.56 Å². The van der Waals surface area contributed by atoms with E-state index in [2.05, 4.69) is 4.52 Å². The zero-order valence-electron chi connectivity index (χ0n) is 13.3. The lowest BCUT2D eigenvalue weighted by Crippen LogP contribution is -2.42. The lowest BCUT2D eigenvalue weighted by molar-refractivity contribution is -0.160. The molecule has 0 aliphatic carbocycles. The van der Waals surface area contributed by atoms with Crippen molar-refractivity contribution in [3.63, 3.8) is 0 Å². The van der Waals surface area contributed by atoms with Crippen molar-refractivity contribution < 1.29 is 33.1 Å². The first-order chi connectivity index (χ1) is 11.3. The van der Waals surface area contributed by atoms with Gasteiger partial charge in [-0.1, -0.05) is 42.1 Å². The molecular formula is C15H18O7PS+. The zero-order valence-corrected chi connectivity index (χ0v) is 15.0. The molecule has 0 aliphatic heterocycles. The molecule has 24 heavy (non-hydrogen) atoms. The number of hydrogen-bond acceptors (Lipinski definition) is 7. The van der Waals surface area contributed by atoms with Crippen LogP contribution in [0.25, 0.3) is 0 Å². The standard InChI is InChI=1S/C15H17O7PS/c1-3-21-14(18)15(2,10-22-23(19)20)12(16)9-24-13(17)11-7-5-4-6-8-11/h4-8H,3,9-10H2,1-2H3/p+1. The molecule has 1 aromatic carbocycles. The third kappa shape index (κ3) is 5.79. The van der Waals surface area contributed by atoms with Crippen molar-refractivity contribution in [2.45, 2.75) is 13.8 Å². The van der Waals surface area contributed by atoms with Gasteiger partial charge in [-0.05, 0) is 13.8 Å². The monoisotopic (exact) mass is 373 g/mol. The van der Waals surface area contributed by atoms with E-state index in [4.69, 9.17) is 9.63 Å². The number of hydrogen-bond donors (Lipinski definition) is 1. The van der Waals surface area contributed by atoms with E-state index < -0.39 is 32.0 Å². The maximum Gasteiger partial charge on any atom is 0.694 e. The van der Waals surface area contributed by atoms with E-state index in [1.165, 1.54) is 6.92 Å². The third-order valence-electron chi connectivity index (χ3n) is 3.15. The van der Waals surface area contributed by atoms with Crippen LogP contribution in [0.3, 0.4) is 0 Å². The van der Waals surface area contributed by atoms with Gasteiger partial charge < -0.3 is 4.74 Å². The Hall–Kier alpha value is -1.60. The SMILES string of the molecule is CCOC(=O)C(C)(CO[P+](=O)O)C(=O)CSC(=O)c1ccccc1. The van der Waals surface area contributed by atoms with Crippen molar-refractivity contribution in [1.82, 2.24) is 0 Å². The van der Waals surface area contributed by atoms with E-state index in [0.717, 1.165) is 11.8 Å². The number of thioether (sulfide) groups is 1. The van der Waals surface area contributed by atoms with Crippen LogP contribution in [0.4, 0.5) is 0 Å². The van der Waals surface area contributed by atoms with Gasteiger partial charge in [-0.15, -0.1) is 9.42 Å².